The smallest absolute Gasteiger partial charge is 0.104 e. The zero-order chi connectivity index (χ0) is 13.9. The number of rotatable bonds is 5. The van der Waals surface area contributed by atoms with Gasteiger partial charge in [-0.2, -0.15) is 0 Å². The third-order valence-corrected chi connectivity index (χ3v) is 3.67. The van der Waals surface area contributed by atoms with Crippen LogP contribution >= 0.6 is 12.2 Å². The topological polar surface area (TPSA) is 48.8 Å². The average molecular weight is 284 g/mol. The Hall–Kier alpha value is -2.14. The molecule has 0 spiro atoms. The Kier molecular flexibility index (Phi) is 3.52. The molecule has 0 radical (unpaired) electrons. The molecule has 102 valence electrons. The van der Waals surface area contributed by atoms with Crippen molar-refractivity contribution in [3.05, 3.63) is 54.7 Å². The van der Waals surface area contributed by atoms with E-state index in [9.17, 15) is 0 Å². The van der Waals surface area contributed by atoms with Gasteiger partial charge in [-0.3, -0.25) is 0 Å². The molecule has 0 amide bonds. The molecule has 0 unspecified atom stereocenters. The third-order valence-electron chi connectivity index (χ3n) is 3.43. The van der Waals surface area contributed by atoms with Crippen LogP contribution in [0, 0.1) is 0 Å². The minimum atomic E-state index is 0.443. The Labute approximate surface area is 122 Å². The van der Waals surface area contributed by atoms with Crippen LogP contribution < -0.4 is 5.73 Å². The molecule has 0 bridgehead atoms. The highest BCUT2D eigenvalue weighted by molar-refractivity contribution is 7.80. The van der Waals surface area contributed by atoms with Gasteiger partial charge in [0.15, 0.2) is 0 Å². The molecule has 0 atom stereocenters. The van der Waals surface area contributed by atoms with Crippen molar-refractivity contribution in [2.75, 3.05) is 0 Å². The van der Waals surface area contributed by atoms with Crippen molar-refractivity contribution in [2.24, 2.45) is 5.73 Å². The van der Waals surface area contributed by atoms with E-state index >= 15 is 0 Å². The standard InChI is InChI=1S/C15H16N4S/c16-15(20)13-3-2-12-4-8-19(14(12)10-13)7-1-6-18-9-5-17-11-18/h2-5,8-11H,1,6-7H2,(H2,16,20). The molecule has 3 rings (SSSR count). The highest BCUT2D eigenvalue weighted by Crippen LogP contribution is 2.18. The number of aryl methyl sites for hydroxylation is 2. The molecule has 3 aromatic rings. The number of imidazole rings is 1. The van der Waals surface area contributed by atoms with E-state index in [4.69, 9.17) is 18.0 Å². The van der Waals surface area contributed by atoms with Crippen molar-refractivity contribution in [1.29, 1.82) is 0 Å². The molecule has 0 aliphatic carbocycles. The highest BCUT2D eigenvalue weighted by Gasteiger charge is 2.04. The summed E-state index contributed by atoms with van der Waals surface area (Å²) in [4.78, 5) is 4.49. The van der Waals surface area contributed by atoms with E-state index in [1.54, 1.807) is 6.20 Å². The van der Waals surface area contributed by atoms with Gasteiger partial charge in [0.05, 0.1) is 6.33 Å². The largest absolute Gasteiger partial charge is 0.389 e. The maximum atomic E-state index is 5.70. The maximum absolute atomic E-state index is 5.70. The van der Waals surface area contributed by atoms with Crippen molar-refractivity contribution in [3.63, 3.8) is 0 Å². The summed E-state index contributed by atoms with van der Waals surface area (Å²) in [7, 11) is 0. The summed E-state index contributed by atoms with van der Waals surface area (Å²) in [6, 6.07) is 8.22. The molecule has 4 nitrogen and oxygen atoms in total. The number of nitrogens with two attached hydrogens (primary N) is 1. The van der Waals surface area contributed by atoms with Gasteiger partial charge in [0.2, 0.25) is 0 Å². The predicted molar refractivity (Wildman–Crippen MR) is 84.7 cm³/mol. The maximum Gasteiger partial charge on any atom is 0.104 e. The van der Waals surface area contributed by atoms with Gasteiger partial charge in [0.25, 0.3) is 0 Å². The average Bonchev–Trinajstić information content (AvgIpc) is 3.08. The van der Waals surface area contributed by atoms with Gasteiger partial charge in [-0.1, -0.05) is 24.4 Å². The normalized spacial score (nSPS) is 11.0. The zero-order valence-corrected chi connectivity index (χ0v) is 11.9. The lowest BCUT2D eigenvalue weighted by molar-refractivity contribution is 0.573. The van der Waals surface area contributed by atoms with Gasteiger partial charge in [-0.15, -0.1) is 0 Å². The molecule has 5 heteroatoms. The van der Waals surface area contributed by atoms with E-state index in [2.05, 4.69) is 38.5 Å². The minimum absolute atomic E-state index is 0.443. The van der Waals surface area contributed by atoms with Gasteiger partial charge < -0.3 is 14.9 Å². The van der Waals surface area contributed by atoms with E-state index in [1.165, 1.54) is 10.9 Å². The molecule has 0 fully saturated rings. The first-order valence-electron chi connectivity index (χ1n) is 6.58. The van der Waals surface area contributed by atoms with Crippen molar-refractivity contribution in [1.82, 2.24) is 14.1 Å². The second-order valence-electron chi connectivity index (χ2n) is 4.80. The number of hydrogen-bond donors (Lipinski definition) is 1. The fourth-order valence-electron chi connectivity index (χ4n) is 2.37. The molecule has 2 N–H and O–H groups in total. The molecular weight excluding hydrogens is 268 g/mol. The van der Waals surface area contributed by atoms with Crippen LogP contribution in [0.5, 0.6) is 0 Å². The first-order chi connectivity index (χ1) is 9.74. The molecule has 1 aromatic carbocycles. The van der Waals surface area contributed by atoms with E-state index in [1.807, 2.05) is 18.6 Å². The molecule has 20 heavy (non-hydrogen) atoms. The van der Waals surface area contributed by atoms with E-state index in [0.29, 0.717) is 4.99 Å². The molecule has 0 saturated carbocycles. The molecule has 0 saturated heterocycles. The number of nitrogens with zero attached hydrogens (tertiary/aromatic N) is 3. The SMILES string of the molecule is NC(=S)c1ccc2ccn(CCCn3ccnc3)c2c1. The first kappa shape index (κ1) is 12.9. The molecular formula is C15H16N4S. The summed E-state index contributed by atoms with van der Waals surface area (Å²) in [6.07, 6.45) is 8.80. The van der Waals surface area contributed by atoms with Gasteiger partial charge >= 0.3 is 0 Å². The fraction of sp³-hybridized carbons (Fsp3) is 0.200. The monoisotopic (exact) mass is 284 g/mol. The van der Waals surface area contributed by atoms with Gasteiger partial charge in [0.1, 0.15) is 4.99 Å². The number of fused-ring (bicyclic) bond motifs is 1. The van der Waals surface area contributed by atoms with E-state index in [-0.39, 0.29) is 0 Å². The summed E-state index contributed by atoms with van der Waals surface area (Å²) in [5.41, 5.74) is 7.80. The van der Waals surface area contributed by atoms with Crippen molar-refractivity contribution in [3.8, 4) is 0 Å². The Morgan fingerprint density at radius 2 is 2.10 bits per heavy atom. The summed E-state index contributed by atoms with van der Waals surface area (Å²) >= 11 is 5.04. The molecule has 0 aliphatic rings. The molecule has 2 heterocycles. The Morgan fingerprint density at radius 3 is 2.85 bits per heavy atom. The summed E-state index contributed by atoms with van der Waals surface area (Å²) in [6.45, 7) is 1.93. The number of thiocarbonyl (C=S) groups is 1. The highest BCUT2D eigenvalue weighted by atomic mass is 32.1. The van der Waals surface area contributed by atoms with Crippen LogP contribution in [0.25, 0.3) is 10.9 Å². The zero-order valence-electron chi connectivity index (χ0n) is 11.1. The number of benzene rings is 1. The van der Waals surface area contributed by atoms with E-state index in [0.717, 1.165) is 25.1 Å². The van der Waals surface area contributed by atoms with Crippen molar-refractivity contribution in [2.45, 2.75) is 19.5 Å². The molecule has 0 aliphatic heterocycles. The van der Waals surface area contributed by atoms with Crippen LogP contribution in [0.3, 0.4) is 0 Å². The summed E-state index contributed by atoms with van der Waals surface area (Å²) in [5, 5.41) is 1.22. The quantitative estimate of drug-likeness (QED) is 0.733. The van der Waals surface area contributed by atoms with Crippen LogP contribution in [-0.4, -0.2) is 19.1 Å². The van der Waals surface area contributed by atoms with Crippen molar-refractivity contribution < 1.29 is 0 Å². The van der Waals surface area contributed by atoms with Crippen molar-refractivity contribution >= 4 is 28.1 Å². The van der Waals surface area contributed by atoms with Crippen LogP contribution in [0.15, 0.2) is 49.2 Å². The summed E-state index contributed by atoms with van der Waals surface area (Å²) in [5.74, 6) is 0. The van der Waals surface area contributed by atoms with Crippen LogP contribution in [0.4, 0.5) is 0 Å². The minimum Gasteiger partial charge on any atom is -0.389 e. The molecule has 2 aromatic heterocycles. The van der Waals surface area contributed by atoms with Crippen LogP contribution in [-0.2, 0) is 13.1 Å². The predicted octanol–water partition coefficient (Wildman–Crippen LogP) is 2.56. The lowest BCUT2D eigenvalue weighted by Crippen LogP contribution is -2.09. The van der Waals surface area contributed by atoms with Gasteiger partial charge in [-0.25, -0.2) is 4.98 Å². The first-order valence-corrected chi connectivity index (χ1v) is 6.99. The Bertz CT molecular complexity index is 728. The summed E-state index contributed by atoms with van der Waals surface area (Å²) < 4.78 is 4.33. The van der Waals surface area contributed by atoms with Crippen LogP contribution in [0.1, 0.15) is 12.0 Å². The second kappa shape index (κ2) is 5.46. The third kappa shape index (κ3) is 2.58. The number of hydrogen-bond acceptors (Lipinski definition) is 2. The lowest BCUT2D eigenvalue weighted by Gasteiger charge is -2.07. The Morgan fingerprint density at radius 1 is 1.20 bits per heavy atom. The second-order valence-corrected chi connectivity index (χ2v) is 5.24. The Balaban J connectivity index is 1.77. The van der Waals surface area contributed by atoms with Gasteiger partial charge in [0, 0.05) is 42.8 Å². The number of aromatic nitrogens is 3. The van der Waals surface area contributed by atoms with Crippen LogP contribution in [0.2, 0.25) is 0 Å². The lowest BCUT2D eigenvalue weighted by atomic mass is 10.1. The van der Waals surface area contributed by atoms with E-state index < -0.39 is 0 Å². The fourth-order valence-corrected chi connectivity index (χ4v) is 2.50. The van der Waals surface area contributed by atoms with Gasteiger partial charge in [-0.05, 0) is 23.9 Å².